The molecule has 0 spiro atoms. The van der Waals surface area contributed by atoms with Gasteiger partial charge < -0.3 is 10.6 Å². The minimum atomic E-state index is 0.119. The normalized spacial score (nSPS) is 10.4. The highest BCUT2D eigenvalue weighted by Gasteiger charge is 2.03. The Morgan fingerprint density at radius 2 is 1.87 bits per heavy atom. The molecule has 3 N–H and O–H groups in total. The maximum atomic E-state index is 7.29. The molecular weight excluding hydrogens is 186 g/mol. The van der Waals surface area contributed by atoms with E-state index in [1.165, 1.54) is 0 Å². The van der Waals surface area contributed by atoms with Crippen LogP contribution in [-0.2, 0) is 0 Å². The highest BCUT2D eigenvalue weighted by atomic mass is 15.1. The van der Waals surface area contributed by atoms with Crippen molar-refractivity contribution in [2.75, 3.05) is 18.5 Å². The Kier molecular flexibility index (Phi) is 3.72. The first-order chi connectivity index (χ1) is 7.00. The van der Waals surface area contributed by atoms with Gasteiger partial charge in [-0.2, -0.15) is 0 Å². The molecule has 0 unspecified atom stereocenters. The van der Waals surface area contributed by atoms with Gasteiger partial charge >= 0.3 is 0 Å². The third kappa shape index (κ3) is 3.27. The first-order valence-electron chi connectivity index (χ1n) is 5.16. The lowest BCUT2D eigenvalue weighted by molar-refractivity contribution is 0.638. The third-order valence-corrected chi connectivity index (χ3v) is 2.26. The van der Waals surface area contributed by atoms with Crippen LogP contribution in [0, 0.1) is 11.3 Å². The monoisotopic (exact) mass is 205 g/mol. The number of hydrogen-bond donors (Lipinski definition) is 2. The number of nitrogens with one attached hydrogen (secondary N) is 1. The lowest BCUT2D eigenvalue weighted by Gasteiger charge is -2.21. The summed E-state index contributed by atoms with van der Waals surface area (Å²) in [5.74, 6) is 0.760. The zero-order valence-electron chi connectivity index (χ0n) is 9.62. The fraction of sp³-hybridized carbons (Fsp3) is 0.417. The van der Waals surface area contributed by atoms with Crippen LogP contribution in [0.25, 0.3) is 0 Å². The van der Waals surface area contributed by atoms with E-state index in [1.54, 1.807) is 0 Å². The summed E-state index contributed by atoms with van der Waals surface area (Å²) in [6.45, 7) is 5.42. The van der Waals surface area contributed by atoms with Gasteiger partial charge in [-0.25, -0.2) is 0 Å². The summed E-state index contributed by atoms with van der Waals surface area (Å²) in [6, 6.07) is 7.77. The summed E-state index contributed by atoms with van der Waals surface area (Å²) in [5, 5.41) is 7.29. The molecule has 0 aromatic heterocycles. The molecule has 0 bridgehead atoms. The first kappa shape index (κ1) is 11.6. The Labute approximate surface area is 91.4 Å². The molecule has 0 heterocycles. The van der Waals surface area contributed by atoms with Crippen LogP contribution in [0.3, 0.4) is 0 Å². The standard InChI is InChI=1S/C12H19N3/c1-9(2)8-15(3)11-6-4-10(5-7-11)12(13)14/h4-7,9H,8H2,1-3H3,(H3,13,14). The zero-order valence-corrected chi connectivity index (χ0v) is 9.62. The average Bonchev–Trinajstić information content (AvgIpc) is 2.17. The highest BCUT2D eigenvalue weighted by molar-refractivity contribution is 5.95. The Balaban J connectivity index is 2.75. The van der Waals surface area contributed by atoms with Gasteiger partial charge in [0.2, 0.25) is 0 Å². The smallest absolute Gasteiger partial charge is 0.122 e. The van der Waals surface area contributed by atoms with Crippen molar-refractivity contribution in [1.82, 2.24) is 0 Å². The summed E-state index contributed by atoms with van der Waals surface area (Å²) in [4.78, 5) is 2.20. The Morgan fingerprint density at radius 1 is 1.33 bits per heavy atom. The van der Waals surface area contributed by atoms with E-state index in [0.717, 1.165) is 17.8 Å². The topological polar surface area (TPSA) is 53.1 Å². The first-order valence-corrected chi connectivity index (χ1v) is 5.16. The molecule has 1 rings (SSSR count). The number of nitrogens with zero attached hydrogens (tertiary/aromatic N) is 1. The highest BCUT2D eigenvalue weighted by Crippen LogP contribution is 2.14. The number of rotatable bonds is 4. The van der Waals surface area contributed by atoms with E-state index in [0.29, 0.717) is 5.92 Å². The molecule has 1 aromatic carbocycles. The molecular formula is C12H19N3. The molecule has 0 radical (unpaired) electrons. The number of hydrogen-bond acceptors (Lipinski definition) is 2. The lowest BCUT2D eigenvalue weighted by Crippen LogP contribution is -2.22. The van der Waals surface area contributed by atoms with Crippen molar-refractivity contribution in [2.45, 2.75) is 13.8 Å². The SMILES string of the molecule is CC(C)CN(C)c1ccc(C(=N)N)cc1. The number of benzene rings is 1. The molecule has 3 nitrogen and oxygen atoms in total. The van der Waals surface area contributed by atoms with E-state index in [-0.39, 0.29) is 5.84 Å². The molecule has 1 aromatic rings. The van der Waals surface area contributed by atoms with Gasteiger partial charge in [0.15, 0.2) is 0 Å². The summed E-state index contributed by atoms with van der Waals surface area (Å²) < 4.78 is 0. The largest absolute Gasteiger partial charge is 0.384 e. The van der Waals surface area contributed by atoms with Crippen molar-refractivity contribution in [2.24, 2.45) is 11.7 Å². The average molecular weight is 205 g/mol. The second kappa shape index (κ2) is 4.82. The molecule has 0 saturated heterocycles. The molecule has 0 fully saturated rings. The van der Waals surface area contributed by atoms with Gasteiger partial charge in [-0.1, -0.05) is 13.8 Å². The summed E-state index contributed by atoms with van der Waals surface area (Å²) >= 11 is 0. The third-order valence-electron chi connectivity index (χ3n) is 2.26. The van der Waals surface area contributed by atoms with Crippen LogP contribution in [-0.4, -0.2) is 19.4 Å². The maximum Gasteiger partial charge on any atom is 0.122 e. The van der Waals surface area contributed by atoms with Crippen molar-refractivity contribution < 1.29 is 0 Å². The molecule has 82 valence electrons. The van der Waals surface area contributed by atoms with Crippen molar-refractivity contribution >= 4 is 11.5 Å². The van der Waals surface area contributed by atoms with E-state index < -0.39 is 0 Å². The van der Waals surface area contributed by atoms with Crippen LogP contribution in [0.5, 0.6) is 0 Å². The van der Waals surface area contributed by atoms with Gasteiger partial charge in [-0.3, -0.25) is 5.41 Å². The van der Waals surface area contributed by atoms with Crippen molar-refractivity contribution in [3.63, 3.8) is 0 Å². The predicted molar refractivity (Wildman–Crippen MR) is 65.6 cm³/mol. The number of nitrogen functional groups attached to an aromatic ring is 1. The van der Waals surface area contributed by atoms with E-state index in [9.17, 15) is 0 Å². The summed E-state index contributed by atoms with van der Waals surface area (Å²) in [5.41, 5.74) is 7.33. The van der Waals surface area contributed by atoms with Gasteiger partial charge in [0.25, 0.3) is 0 Å². The van der Waals surface area contributed by atoms with Gasteiger partial charge in [-0.05, 0) is 30.2 Å². The predicted octanol–water partition coefficient (Wildman–Crippen LogP) is 2.06. The lowest BCUT2D eigenvalue weighted by atomic mass is 10.1. The minimum absolute atomic E-state index is 0.119. The molecule has 0 aliphatic rings. The fourth-order valence-corrected chi connectivity index (χ4v) is 1.55. The molecule has 0 aliphatic heterocycles. The molecule has 15 heavy (non-hydrogen) atoms. The minimum Gasteiger partial charge on any atom is -0.384 e. The number of nitrogens with two attached hydrogens (primary N) is 1. The van der Waals surface area contributed by atoms with Crippen LogP contribution in [0.15, 0.2) is 24.3 Å². The van der Waals surface area contributed by atoms with Crippen LogP contribution < -0.4 is 10.6 Å². The van der Waals surface area contributed by atoms with Gasteiger partial charge in [0.05, 0.1) is 0 Å². The van der Waals surface area contributed by atoms with Crippen molar-refractivity contribution in [3.8, 4) is 0 Å². The van der Waals surface area contributed by atoms with E-state index in [4.69, 9.17) is 11.1 Å². The Bertz CT molecular complexity index is 327. The van der Waals surface area contributed by atoms with Crippen molar-refractivity contribution in [1.29, 1.82) is 5.41 Å². The second-order valence-electron chi connectivity index (χ2n) is 4.23. The van der Waals surface area contributed by atoms with Crippen LogP contribution in [0.2, 0.25) is 0 Å². The van der Waals surface area contributed by atoms with E-state index >= 15 is 0 Å². The zero-order chi connectivity index (χ0) is 11.4. The van der Waals surface area contributed by atoms with Crippen molar-refractivity contribution in [3.05, 3.63) is 29.8 Å². The second-order valence-corrected chi connectivity index (χ2v) is 4.23. The molecule has 0 aliphatic carbocycles. The van der Waals surface area contributed by atoms with Crippen LogP contribution in [0.1, 0.15) is 19.4 Å². The van der Waals surface area contributed by atoms with E-state index in [1.807, 2.05) is 24.3 Å². The number of amidine groups is 1. The molecule has 0 amide bonds. The van der Waals surface area contributed by atoms with Gasteiger partial charge in [-0.15, -0.1) is 0 Å². The van der Waals surface area contributed by atoms with Gasteiger partial charge in [0.1, 0.15) is 5.84 Å². The maximum absolute atomic E-state index is 7.29. The number of anilines is 1. The molecule has 0 saturated carbocycles. The molecule has 3 heteroatoms. The van der Waals surface area contributed by atoms with Crippen LogP contribution >= 0.6 is 0 Å². The Morgan fingerprint density at radius 3 is 2.27 bits per heavy atom. The van der Waals surface area contributed by atoms with Crippen LogP contribution in [0.4, 0.5) is 5.69 Å². The summed E-state index contributed by atoms with van der Waals surface area (Å²) in [7, 11) is 2.07. The summed E-state index contributed by atoms with van der Waals surface area (Å²) in [6.07, 6.45) is 0. The Hall–Kier alpha value is -1.51. The van der Waals surface area contributed by atoms with Gasteiger partial charge in [0, 0.05) is 24.8 Å². The quantitative estimate of drug-likeness (QED) is 0.584. The van der Waals surface area contributed by atoms with E-state index in [2.05, 4.69) is 25.8 Å². The molecule has 0 atom stereocenters. The fourth-order valence-electron chi connectivity index (χ4n) is 1.55.